The third-order valence-corrected chi connectivity index (χ3v) is 2.43. The van der Waals surface area contributed by atoms with Gasteiger partial charge in [0.25, 0.3) is 0 Å². The van der Waals surface area contributed by atoms with E-state index in [4.69, 9.17) is 9.47 Å². The number of benzene rings is 1. The van der Waals surface area contributed by atoms with Crippen LogP contribution in [-0.2, 0) is 0 Å². The molecule has 1 unspecified atom stereocenters. The average molecular weight is 236 g/mol. The van der Waals surface area contributed by atoms with Crippen molar-refractivity contribution < 1.29 is 14.3 Å². The van der Waals surface area contributed by atoms with E-state index in [-0.39, 0.29) is 6.10 Å². The van der Waals surface area contributed by atoms with Gasteiger partial charge in [-0.2, -0.15) is 0 Å². The number of aldehydes is 1. The molecule has 0 saturated heterocycles. The van der Waals surface area contributed by atoms with Crippen molar-refractivity contribution in [3.05, 3.63) is 23.8 Å². The van der Waals surface area contributed by atoms with Crippen molar-refractivity contribution in [2.45, 2.75) is 39.7 Å². The predicted molar refractivity (Wildman–Crippen MR) is 68.0 cm³/mol. The van der Waals surface area contributed by atoms with Crippen molar-refractivity contribution in [3.8, 4) is 11.5 Å². The molecule has 0 bridgehead atoms. The number of carbonyl (C=O) groups is 1. The number of hydrogen-bond donors (Lipinski definition) is 0. The summed E-state index contributed by atoms with van der Waals surface area (Å²) in [7, 11) is 0. The second kappa shape index (κ2) is 6.94. The van der Waals surface area contributed by atoms with Crippen molar-refractivity contribution in [2.75, 3.05) is 6.61 Å². The Kier molecular flexibility index (Phi) is 5.53. The molecular formula is C14H20O3. The largest absolute Gasteiger partial charge is 0.490 e. The molecule has 17 heavy (non-hydrogen) atoms. The van der Waals surface area contributed by atoms with E-state index in [1.165, 1.54) is 0 Å². The summed E-state index contributed by atoms with van der Waals surface area (Å²) in [5.41, 5.74) is 0.601. The van der Waals surface area contributed by atoms with Crippen molar-refractivity contribution in [1.82, 2.24) is 0 Å². The van der Waals surface area contributed by atoms with Gasteiger partial charge in [-0.3, -0.25) is 4.79 Å². The Morgan fingerprint density at radius 1 is 1.29 bits per heavy atom. The molecule has 0 aliphatic rings. The summed E-state index contributed by atoms with van der Waals surface area (Å²) < 4.78 is 11.3. The van der Waals surface area contributed by atoms with Gasteiger partial charge in [-0.25, -0.2) is 0 Å². The maximum absolute atomic E-state index is 10.7. The van der Waals surface area contributed by atoms with E-state index in [1.54, 1.807) is 18.2 Å². The van der Waals surface area contributed by atoms with E-state index in [1.807, 2.05) is 13.8 Å². The zero-order valence-electron chi connectivity index (χ0n) is 10.7. The quantitative estimate of drug-likeness (QED) is 0.680. The van der Waals surface area contributed by atoms with Crippen LogP contribution in [0.5, 0.6) is 11.5 Å². The molecule has 0 fully saturated rings. The summed E-state index contributed by atoms with van der Waals surface area (Å²) >= 11 is 0. The Bertz CT molecular complexity index is 360. The Labute approximate surface area is 103 Å². The molecule has 0 aromatic heterocycles. The smallest absolute Gasteiger partial charge is 0.161 e. The second-order valence-electron chi connectivity index (χ2n) is 3.97. The van der Waals surface area contributed by atoms with Crippen LogP contribution in [-0.4, -0.2) is 19.0 Å². The van der Waals surface area contributed by atoms with E-state index >= 15 is 0 Å². The molecule has 0 radical (unpaired) electrons. The maximum Gasteiger partial charge on any atom is 0.161 e. The van der Waals surface area contributed by atoms with Crippen LogP contribution in [0.25, 0.3) is 0 Å². The van der Waals surface area contributed by atoms with Gasteiger partial charge in [-0.05, 0) is 38.5 Å². The minimum Gasteiger partial charge on any atom is -0.490 e. The molecule has 3 heteroatoms. The van der Waals surface area contributed by atoms with E-state index in [0.29, 0.717) is 23.7 Å². The normalized spacial score (nSPS) is 11.9. The van der Waals surface area contributed by atoms with Gasteiger partial charge in [0.15, 0.2) is 11.5 Å². The first kappa shape index (κ1) is 13.6. The van der Waals surface area contributed by atoms with Crippen molar-refractivity contribution in [2.24, 2.45) is 0 Å². The fourth-order valence-corrected chi connectivity index (χ4v) is 1.65. The van der Waals surface area contributed by atoms with E-state index in [2.05, 4.69) is 6.92 Å². The maximum atomic E-state index is 10.7. The molecule has 1 aromatic rings. The first-order chi connectivity index (χ1) is 8.21. The van der Waals surface area contributed by atoms with Gasteiger partial charge in [-0.1, -0.05) is 13.3 Å². The van der Waals surface area contributed by atoms with Crippen LogP contribution in [0.4, 0.5) is 0 Å². The lowest BCUT2D eigenvalue weighted by atomic mass is 10.2. The molecule has 0 aliphatic heterocycles. The van der Waals surface area contributed by atoms with Gasteiger partial charge in [0, 0.05) is 5.56 Å². The lowest BCUT2D eigenvalue weighted by Gasteiger charge is -2.17. The average Bonchev–Trinajstić information content (AvgIpc) is 2.32. The molecular weight excluding hydrogens is 216 g/mol. The van der Waals surface area contributed by atoms with Crippen molar-refractivity contribution in [3.63, 3.8) is 0 Å². The highest BCUT2D eigenvalue weighted by molar-refractivity contribution is 5.76. The van der Waals surface area contributed by atoms with E-state index < -0.39 is 0 Å². The van der Waals surface area contributed by atoms with Gasteiger partial charge >= 0.3 is 0 Å². The molecule has 1 aromatic carbocycles. The lowest BCUT2D eigenvalue weighted by molar-refractivity contribution is 0.112. The fraction of sp³-hybridized carbons (Fsp3) is 0.500. The summed E-state index contributed by atoms with van der Waals surface area (Å²) in [5.74, 6) is 1.35. The monoisotopic (exact) mass is 236 g/mol. The number of hydrogen-bond acceptors (Lipinski definition) is 3. The molecule has 0 amide bonds. The minimum atomic E-state index is 0.154. The summed E-state index contributed by atoms with van der Waals surface area (Å²) in [6.45, 7) is 6.62. The Balaban J connectivity index is 2.85. The molecule has 0 N–H and O–H groups in total. The van der Waals surface area contributed by atoms with Gasteiger partial charge in [0.1, 0.15) is 6.29 Å². The molecule has 0 spiro atoms. The SMILES string of the molecule is CCCC(C)Oc1ccc(C=O)cc1OCC. The van der Waals surface area contributed by atoms with Crippen LogP contribution in [0, 0.1) is 0 Å². The van der Waals surface area contributed by atoms with Gasteiger partial charge < -0.3 is 9.47 Å². The predicted octanol–water partition coefficient (Wildman–Crippen LogP) is 3.47. The lowest BCUT2D eigenvalue weighted by Crippen LogP contribution is -2.12. The highest BCUT2D eigenvalue weighted by Crippen LogP contribution is 2.29. The zero-order valence-corrected chi connectivity index (χ0v) is 10.7. The second-order valence-corrected chi connectivity index (χ2v) is 3.97. The Hall–Kier alpha value is -1.51. The van der Waals surface area contributed by atoms with Gasteiger partial charge in [-0.15, -0.1) is 0 Å². The van der Waals surface area contributed by atoms with Crippen LogP contribution >= 0.6 is 0 Å². The van der Waals surface area contributed by atoms with Crippen molar-refractivity contribution >= 4 is 6.29 Å². The van der Waals surface area contributed by atoms with Gasteiger partial charge in [0.05, 0.1) is 12.7 Å². The topological polar surface area (TPSA) is 35.5 Å². The summed E-state index contributed by atoms with van der Waals surface area (Å²) in [6, 6.07) is 5.24. The fourth-order valence-electron chi connectivity index (χ4n) is 1.65. The van der Waals surface area contributed by atoms with E-state index in [0.717, 1.165) is 19.1 Å². The number of ether oxygens (including phenoxy) is 2. The first-order valence-corrected chi connectivity index (χ1v) is 6.09. The molecule has 1 atom stereocenters. The zero-order chi connectivity index (χ0) is 12.7. The Morgan fingerprint density at radius 3 is 2.65 bits per heavy atom. The highest BCUT2D eigenvalue weighted by atomic mass is 16.5. The van der Waals surface area contributed by atoms with Crippen LogP contribution in [0.15, 0.2) is 18.2 Å². The van der Waals surface area contributed by atoms with Crippen molar-refractivity contribution in [1.29, 1.82) is 0 Å². The van der Waals surface area contributed by atoms with Gasteiger partial charge in [0.2, 0.25) is 0 Å². The minimum absolute atomic E-state index is 0.154. The van der Waals surface area contributed by atoms with Crippen LogP contribution in [0.3, 0.4) is 0 Å². The van der Waals surface area contributed by atoms with Crippen LogP contribution in [0.1, 0.15) is 44.0 Å². The first-order valence-electron chi connectivity index (χ1n) is 6.09. The van der Waals surface area contributed by atoms with E-state index in [9.17, 15) is 4.79 Å². The third kappa shape index (κ3) is 4.10. The molecule has 3 nitrogen and oxygen atoms in total. The summed E-state index contributed by atoms with van der Waals surface area (Å²) in [6.07, 6.45) is 3.04. The molecule has 1 rings (SSSR count). The highest BCUT2D eigenvalue weighted by Gasteiger charge is 2.09. The summed E-state index contributed by atoms with van der Waals surface area (Å²) in [4.78, 5) is 10.7. The molecule has 0 aliphatic carbocycles. The molecule has 0 saturated carbocycles. The number of rotatable bonds is 7. The standard InChI is InChI=1S/C14H20O3/c1-4-6-11(3)17-13-8-7-12(10-15)9-14(13)16-5-2/h7-11H,4-6H2,1-3H3. The summed E-state index contributed by atoms with van der Waals surface area (Å²) in [5, 5.41) is 0. The molecule has 0 heterocycles. The Morgan fingerprint density at radius 2 is 2.06 bits per heavy atom. The van der Waals surface area contributed by atoms with Crippen LogP contribution < -0.4 is 9.47 Å². The third-order valence-electron chi connectivity index (χ3n) is 2.43. The van der Waals surface area contributed by atoms with Crippen LogP contribution in [0.2, 0.25) is 0 Å². The number of carbonyl (C=O) groups excluding carboxylic acids is 1. The molecule has 94 valence electrons.